The number of hydrogen-bond donors (Lipinski definition) is 0. The lowest BCUT2D eigenvalue weighted by molar-refractivity contribution is 0.111. The molecule has 0 radical (unpaired) electrons. The summed E-state index contributed by atoms with van der Waals surface area (Å²) < 4.78 is 1.82. The fraction of sp³-hybridized carbons (Fsp3) is 0.700. The second-order valence-corrected chi connectivity index (χ2v) is 3.98. The normalized spacial score (nSPS) is 22.1. The van der Waals surface area contributed by atoms with E-state index in [9.17, 15) is 4.79 Å². The maximum atomic E-state index is 10.5. The van der Waals surface area contributed by atoms with Gasteiger partial charge in [0.15, 0.2) is 6.29 Å². The van der Waals surface area contributed by atoms with Crippen molar-refractivity contribution in [3.8, 4) is 0 Å². The molecule has 1 atom stereocenters. The maximum absolute atomic E-state index is 10.5. The Kier molecular flexibility index (Phi) is 3.11. The van der Waals surface area contributed by atoms with Crippen molar-refractivity contribution in [2.45, 2.75) is 25.8 Å². The van der Waals surface area contributed by atoms with Crippen LogP contribution in [-0.4, -0.2) is 45.8 Å². The van der Waals surface area contributed by atoms with E-state index in [-0.39, 0.29) is 0 Å². The molecule has 0 aromatic carbocycles. The summed E-state index contributed by atoms with van der Waals surface area (Å²) in [5.41, 5.74) is 0.420. The number of likely N-dealkylation sites (tertiary alicyclic amines) is 1. The first-order chi connectivity index (χ1) is 7.33. The molecule has 1 aromatic heterocycles. The van der Waals surface area contributed by atoms with Crippen molar-refractivity contribution in [3.05, 3.63) is 11.9 Å². The lowest BCUT2D eigenvalue weighted by atomic mass is 10.3. The van der Waals surface area contributed by atoms with Gasteiger partial charge in [0.2, 0.25) is 0 Å². The van der Waals surface area contributed by atoms with E-state index in [0.717, 1.165) is 32.3 Å². The van der Waals surface area contributed by atoms with E-state index in [0.29, 0.717) is 11.7 Å². The van der Waals surface area contributed by atoms with Gasteiger partial charge in [0.25, 0.3) is 0 Å². The van der Waals surface area contributed by atoms with Gasteiger partial charge in [-0.25, -0.2) is 4.68 Å². The van der Waals surface area contributed by atoms with Crippen molar-refractivity contribution in [1.82, 2.24) is 19.9 Å². The van der Waals surface area contributed by atoms with E-state index in [1.807, 2.05) is 4.68 Å². The highest BCUT2D eigenvalue weighted by molar-refractivity contribution is 5.70. The molecule has 82 valence electrons. The van der Waals surface area contributed by atoms with E-state index in [2.05, 4.69) is 22.1 Å². The molecule has 0 unspecified atom stereocenters. The minimum absolute atomic E-state index is 0.387. The number of carbonyl (C=O) groups excluding carboxylic acids is 1. The van der Waals surface area contributed by atoms with Crippen LogP contribution in [-0.2, 0) is 0 Å². The Morgan fingerprint density at radius 1 is 1.67 bits per heavy atom. The lowest BCUT2D eigenvalue weighted by Gasteiger charge is -2.14. The lowest BCUT2D eigenvalue weighted by Crippen LogP contribution is -2.22. The summed E-state index contributed by atoms with van der Waals surface area (Å²) in [5, 5.41) is 7.75. The van der Waals surface area contributed by atoms with Gasteiger partial charge in [-0.3, -0.25) is 4.79 Å². The minimum Gasteiger partial charge on any atom is -0.301 e. The highest BCUT2D eigenvalue weighted by atomic mass is 16.1. The van der Waals surface area contributed by atoms with Gasteiger partial charge in [-0.1, -0.05) is 12.1 Å². The first kappa shape index (κ1) is 10.3. The topological polar surface area (TPSA) is 51.0 Å². The predicted octanol–water partition coefficient (Wildman–Crippen LogP) is 0.747. The van der Waals surface area contributed by atoms with Crippen LogP contribution < -0.4 is 0 Å². The number of carbonyl (C=O) groups is 1. The van der Waals surface area contributed by atoms with Gasteiger partial charge in [0, 0.05) is 13.1 Å². The number of aromatic nitrogens is 3. The standard InChI is InChI=1S/C10H16N4O/c1-2-4-13-5-3-10(7-13)14-6-9(8-15)11-12-14/h6,8,10H,2-5,7H2,1H3/t10-/m0/s1. The molecule has 5 heteroatoms. The average Bonchev–Trinajstić information content (AvgIpc) is 2.85. The Balaban J connectivity index is 1.98. The SMILES string of the molecule is CCCN1CC[C@H](n2cc(C=O)nn2)C1. The van der Waals surface area contributed by atoms with Crippen LogP contribution >= 0.6 is 0 Å². The van der Waals surface area contributed by atoms with E-state index >= 15 is 0 Å². The zero-order chi connectivity index (χ0) is 10.7. The van der Waals surface area contributed by atoms with Crippen molar-refractivity contribution in [2.75, 3.05) is 19.6 Å². The van der Waals surface area contributed by atoms with E-state index < -0.39 is 0 Å². The van der Waals surface area contributed by atoms with Gasteiger partial charge < -0.3 is 4.90 Å². The van der Waals surface area contributed by atoms with Crippen molar-refractivity contribution < 1.29 is 4.79 Å². The molecule has 0 aliphatic carbocycles. The molecule has 0 amide bonds. The summed E-state index contributed by atoms with van der Waals surface area (Å²) >= 11 is 0. The largest absolute Gasteiger partial charge is 0.301 e. The van der Waals surface area contributed by atoms with Gasteiger partial charge in [-0.2, -0.15) is 0 Å². The first-order valence-electron chi connectivity index (χ1n) is 5.43. The Bertz CT molecular complexity index is 336. The third-order valence-electron chi connectivity index (χ3n) is 2.81. The molecule has 0 N–H and O–H groups in total. The van der Waals surface area contributed by atoms with Gasteiger partial charge >= 0.3 is 0 Å². The summed E-state index contributed by atoms with van der Waals surface area (Å²) in [6.07, 6.45) is 4.75. The summed E-state index contributed by atoms with van der Waals surface area (Å²) in [6, 6.07) is 0.387. The Hall–Kier alpha value is -1.23. The predicted molar refractivity (Wildman–Crippen MR) is 55.8 cm³/mol. The summed E-state index contributed by atoms with van der Waals surface area (Å²) in [4.78, 5) is 12.9. The van der Waals surface area contributed by atoms with Crippen molar-refractivity contribution >= 4 is 6.29 Å². The third-order valence-corrected chi connectivity index (χ3v) is 2.81. The number of rotatable bonds is 4. The molecule has 2 rings (SSSR count). The molecule has 1 aliphatic heterocycles. The van der Waals surface area contributed by atoms with Crippen LogP contribution in [0.3, 0.4) is 0 Å². The quantitative estimate of drug-likeness (QED) is 0.685. The van der Waals surface area contributed by atoms with Crippen LogP contribution in [0.25, 0.3) is 0 Å². The van der Waals surface area contributed by atoms with E-state index in [1.165, 1.54) is 6.42 Å². The number of aldehydes is 1. The molecule has 0 bridgehead atoms. The Morgan fingerprint density at radius 3 is 3.20 bits per heavy atom. The zero-order valence-corrected chi connectivity index (χ0v) is 8.96. The van der Waals surface area contributed by atoms with E-state index in [1.54, 1.807) is 6.20 Å². The summed E-state index contributed by atoms with van der Waals surface area (Å²) in [7, 11) is 0. The fourth-order valence-corrected chi connectivity index (χ4v) is 2.07. The second kappa shape index (κ2) is 4.53. The molecule has 5 nitrogen and oxygen atoms in total. The molecular weight excluding hydrogens is 192 g/mol. The van der Waals surface area contributed by atoms with Crippen LogP contribution in [0.4, 0.5) is 0 Å². The van der Waals surface area contributed by atoms with Gasteiger partial charge in [0.1, 0.15) is 5.69 Å². The van der Waals surface area contributed by atoms with Crippen LogP contribution in [0.2, 0.25) is 0 Å². The highest BCUT2D eigenvalue weighted by Gasteiger charge is 2.23. The minimum atomic E-state index is 0.387. The van der Waals surface area contributed by atoms with Crippen LogP contribution in [0.1, 0.15) is 36.3 Å². The monoisotopic (exact) mass is 208 g/mol. The van der Waals surface area contributed by atoms with Crippen LogP contribution in [0, 0.1) is 0 Å². The highest BCUT2D eigenvalue weighted by Crippen LogP contribution is 2.20. The zero-order valence-electron chi connectivity index (χ0n) is 8.96. The molecule has 2 heterocycles. The van der Waals surface area contributed by atoms with Gasteiger partial charge in [-0.05, 0) is 19.4 Å². The van der Waals surface area contributed by atoms with Crippen molar-refractivity contribution in [2.24, 2.45) is 0 Å². The average molecular weight is 208 g/mol. The Morgan fingerprint density at radius 2 is 2.53 bits per heavy atom. The van der Waals surface area contributed by atoms with Gasteiger partial charge in [0.05, 0.1) is 12.2 Å². The van der Waals surface area contributed by atoms with Crippen molar-refractivity contribution in [1.29, 1.82) is 0 Å². The molecule has 1 saturated heterocycles. The van der Waals surface area contributed by atoms with Crippen LogP contribution in [0.15, 0.2) is 6.20 Å². The van der Waals surface area contributed by atoms with Crippen molar-refractivity contribution in [3.63, 3.8) is 0 Å². The molecule has 1 aliphatic rings. The molecule has 1 aromatic rings. The third kappa shape index (κ3) is 2.23. The molecule has 0 spiro atoms. The van der Waals surface area contributed by atoms with Gasteiger partial charge in [-0.15, -0.1) is 5.10 Å². The molecule has 0 saturated carbocycles. The van der Waals surface area contributed by atoms with Crippen LogP contribution in [0.5, 0.6) is 0 Å². The number of hydrogen-bond acceptors (Lipinski definition) is 4. The Labute approximate surface area is 89.1 Å². The second-order valence-electron chi connectivity index (χ2n) is 3.98. The fourth-order valence-electron chi connectivity index (χ4n) is 2.07. The number of nitrogens with zero attached hydrogens (tertiary/aromatic N) is 4. The maximum Gasteiger partial charge on any atom is 0.171 e. The molecular formula is C10H16N4O. The summed E-state index contributed by atoms with van der Waals surface area (Å²) in [5.74, 6) is 0. The van der Waals surface area contributed by atoms with E-state index in [4.69, 9.17) is 0 Å². The first-order valence-corrected chi connectivity index (χ1v) is 5.43. The smallest absolute Gasteiger partial charge is 0.171 e. The molecule has 15 heavy (non-hydrogen) atoms. The molecule has 1 fully saturated rings. The summed E-state index contributed by atoms with van der Waals surface area (Å²) in [6.45, 7) is 5.48.